The molecule has 2 aromatic carbocycles. The number of hydrogen-bond donors (Lipinski definition) is 2. The van der Waals surface area contributed by atoms with E-state index in [0.717, 1.165) is 35.8 Å². The van der Waals surface area contributed by atoms with Gasteiger partial charge in [0.2, 0.25) is 5.91 Å². The van der Waals surface area contributed by atoms with E-state index in [4.69, 9.17) is 9.92 Å². The number of carbonyl (C=O) groups excluding carboxylic acids is 1. The van der Waals surface area contributed by atoms with Crippen molar-refractivity contribution < 1.29 is 17.4 Å². The summed E-state index contributed by atoms with van der Waals surface area (Å²) in [6, 6.07) is 15.9. The van der Waals surface area contributed by atoms with Crippen LogP contribution in [0.5, 0.6) is 5.75 Å². The quantitative estimate of drug-likeness (QED) is 0.655. The van der Waals surface area contributed by atoms with Gasteiger partial charge >= 0.3 is 10.1 Å². The molecule has 3 N–H and O–H groups in total. The van der Waals surface area contributed by atoms with Crippen LogP contribution >= 0.6 is 0 Å². The lowest BCUT2D eigenvalue weighted by Crippen LogP contribution is -2.54. The number of nitrogens with one attached hydrogen (secondary N) is 1. The molecule has 3 rings (SSSR count). The highest BCUT2D eigenvalue weighted by Gasteiger charge is 2.37. The fourth-order valence-corrected chi connectivity index (χ4v) is 4.07. The molecule has 1 aliphatic carbocycles. The number of rotatable bonds is 7. The minimum Gasteiger partial charge on any atom is -0.383 e. The van der Waals surface area contributed by atoms with Crippen LogP contribution in [0.1, 0.15) is 31.2 Å². The highest BCUT2D eigenvalue weighted by atomic mass is 32.2. The van der Waals surface area contributed by atoms with E-state index in [1.165, 1.54) is 0 Å². The first kappa shape index (κ1) is 21.8. The normalized spacial score (nSPS) is 16.4. The minimum absolute atomic E-state index is 0.250. The molecule has 1 amide bonds. The largest absolute Gasteiger partial charge is 0.383 e. The molecule has 0 radical (unpaired) electrons. The van der Waals surface area contributed by atoms with Crippen molar-refractivity contribution in [2.24, 2.45) is 5.73 Å². The second-order valence-corrected chi connectivity index (χ2v) is 9.31. The molecule has 7 nitrogen and oxygen atoms in total. The van der Waals surface area contributed by atoms with Crippen molar-refractivity contribution in [3.63, 3.8) is 0 Å². The molecule has 1 unspecified atom stereocenters. The molecule has 1 saturated carbocycles. The Hall–Kier alpha value is -2.89. The summed E-state index contributed by atoms with van der Waals surface area (Å²) in [6.07, 6.45) is 4.56. The Bertz CT molecular complexity index is 1040. The van der Waals surface area contributed by atoms with Crippen LogP contribution in [-0.4, -0.2) is 32.2 Å². The summed E-state index contributed by atoms with van der Waals surface area (Å²) in [5, 5.41) is 12.2. The fourth-order valence-electron chi connectivity index (χ4n) is 3.61. The van der Waals surface area contributed by atoms with Crippen molar-refractivity contribution in [1.29, 1.82) is 5.26 Å². The van der Waals surface area contributed by atoms with E-state index in [2.05, 4.69) is 11.4 Å². The van der Waals surface area contributed by atoms with Crippen LogP contribution in [0, 0.1) is 11.3 Å². The van der Waals surface area contributed by atoms with Gasteiger partial charge in [-0.2, -0.15) is 13.7 Å². The molecule has 0 saturated heterocycles. The molecule has 158 valence electrons. The SMILES string of the molecule is CS(=O)(=O)Oc1ccc(-c2ccc(CC(C#N)NC(=O)C3(N)CCCC3)cc2)cc1. The van der Waals surface area contributed by atoms with Gasteiger partial charge in [0.15, 0.2) is 0 Å². The molecule has 8 heteroatoms. The summed E-state index contributed by atoms with van der Waals surface area (Å²) in [4.78, 5) is 12.4. The Morgan fingerprint density at radius 3 is 2.17 bits per heavy atom. The average molecular weight is 428 g/mol. The number of benzene rings is 2. The molecule has 2 aromatic rings. The van der Waals surface area contributed by atoms with Crippen LogP contribution in [0.15, 0.2) is 48.5 Å². The number of carbonyl (C=O) groups is 1. The molecule has 1 fully saturated rings. The molecule has 1 aliphatic rings. The van der Waals surface area contributed by atoms with Crippen molar-refractivity contribution in [2.75, 3.05) is 6.26 Å². The lowest BCUT2D eigenvalue weighted by atomic mass is 9.96. The second kappa shape index (κ2) is 8.86. The van der Waals surface area contributed by atoms with Gasteiger partial charge in [-0.3, -0.25) is 4.79 Å². The first-order valence-electron chi connectivity index (χ1n) is 9.77. The van der Waals surface area contributed by atoms with Gasteiger partial charge in [-0.15, -0.1) is 0 Å². The third-order valence-electron chi connectivity index (χ3n) is 5.24. The van der Waals surface area contributed by atoms with E-state index < -0.39 is 21.7 Å². The van der Waals surface area contributed by atoms with Gasteiger partial charge in [-0.1, -0.05) is 49.2 Å². The Morgan fingerprint density at radius 1 is 1.13 bits per heavy atom. The number of nitrogens with zero attached hydrogens (tertiary/aromatic N) is 1. The number of nitrogens with two attached hydrogens (primary N) is 1. The van der Waals surface area contributed by atoms with Crippen LogP contribution in [0.2, 0.25) is 0 Å². The average Bonchev–Trinajstić information content (AvgIpc) is 3.15. The Labute approximate surface area is 177 Å². The monoisotopic (exact) mass is 427 g/mol. The van der Waals surface area contributed by atoms with E-state index in [-0.39, 0.29) is 11.7 Å². The highest BCUT2D eigenvalue weighted by Crippen LogP contribution is 2.27. The van der Waals surface area contributed by atoms with Gasteiger partial charge in [-0.25, -0.2) is 0 Å². The van der Waals surface area contributed by atoms with Crippen LogP contribution in [-0.2, 0) is 21.3 Å². The lowest BCUT2D eigenvalue weighted by molar-refractivity contribution is -0.126. The first-order valence-corrected chi connectivity index (χ1v) is 11.6. The zero-order valence-corrected chi connectivity index (χ0v) is 17.6. The third-order valence-corrected chi connectivity index (χ3v) is 5.73. The number of hydrogen-bond acceptors (Lipinski definition) is 6. The molecule has 0 spiro atoms. The van der Waals surface area contributed by atoms with Crippen LogP contribution in [0.3, 0.4) is 0 Å². The zero-order chi connectivity index (χ0) is 21.8. The Morgan fingerprint density at radius 2 is 1.67 bits per heavy atom. The van der Waals surface area contributed by atoms with Crippen molar-refractivity contribution in [3.8, 4) is 22.9 Å². The summed E-state index contributed by atoms with van der Waals surface area (Å²) in [5.41, 5.74) is 8.07. The molecule has 1 atom stereocenters. The molecular formula is C22H25N3O4S. The van der Waals surface area contributed by atoms with Gasteiger partial charge in [0.05, 0.1) is 17.9 Å². The summed E-state index contributed by atoms with van der Waals surface area (Å²) in [6.45, 7) is 0. The maximum absolute atomic E-state index is 12.4. The van der Waals surface area contributed by atoms with E-state index in [1.807, 2.05) is 24.3 Å². The van der Waals surface area contributed by atoms with Crippen molar-refractivity contribution in [2.45, 2.75) is 43.7 Å². The summed E-state index contributed by atoms with van der Waals surface area (Å²) in [5.74, 6) is 0.00461. The highest BCUT2D eigenvalue weighted by molar-refractivity contribution is 7.86. The topological polar surface area (TPSA) is 122 Å². The lowest BCUT2D eigenvalue weighted by Gasteiger charge is -2.24. The van der Waals surface area contributed by atoms with Crippen LogP contribution in [0.4, 0.5) is 0 Å². The zero-order valence-electron chi connectivity index (χ0n) is 16.8. The minimum atomic E-state index is -3.56. The maximum Gasteiger partial charge on any atom is 0.306 e. The third kappa shape index (κ3) is 5.59. The molecule has 30 heavy (non-hydrogen) atoms. The predicted octanol–water partition coefficient (Wildman–Crippen LogP) is 2.51. The Balaban J connectivity index is 1.63. The van der Waals surface area contributed by atoms with E-state index in [0.29, 0.717) is 19.3 Å². The van der Waals surface area contributed by atoms with Gasteiger partial charge in [-0.05, 0) is 41.7 Å². The Kier molecular flexibility index (Phi) is 6.44. The van der Waals surface area contributed by atoms with E-state index in [9.17, 15) is 18.5 Å². The fraction of sp³-hybridized carbons (Fsp3) is 0.364. The van der Waals surface area contributed by atoms with Gasteiger partial charge in [0.1, 0.15) is 11.8 Å². The van der Waals surface area contributed by atoms with Gasteiger partial charge in [0, 0.05) is 6.42 Å². The van der Waals surface area contributed by atoms with Crippen LogP contribution in [0.25, 0.3) is 11.1 Å². The molecule has 0 heterocycles. The molecular weight excluding hydrogens is 402 g/mol. The molecule has 0 bridgehead atoms. The summed E-state index contributed by atoms with van der Waals surface area (Å²) < 4.78 is 27.2. The van der Waals surface area contributed by atoms with Gasteiger partial charge < -0.3 is 15.2 Å². The van der Waals surface area contributed by atoms with Gasteiger partial charge in [0.25, 0.3) is 0 Å². The van der Waals surface area contributed by atoms with E-state index in [1.54, 1.807) is 24.3 Å². The van der Waals surface area contributed by atoms with Crippen molar-refractivity contribution >= 4 is 16.0 Å². The molecule has 0 aliphatic heterocycles. The number of amides is 1. The molecule has 0 aromatic heterocycles. The maximum atomic E-state index is 12.4. The summed E-state index contributed by atoms with van der Waals surface area (Å²) in [7, 11) is -3.56. The predicted molar refractivity (Wildman–Crippen MR) is 114 cm³/mol. The standard InChI is InChI=1S/C22H25N3O4S/c1-30(27,28)29-20-10-8-18(9-11-20)17-6-4-16(5-7-17)14-19(15-23)25-21(26)22(24)12-2-3-13-22/h4-11,19H,2-3,12-14,24H2,1H3,(H,25,26). The summed E-state index contributed by atoms with van der Waals surface area (Å²) >= 11 is 0. The van der Waals surface area contributed by atoms with Crippen molar-refractivity contribution in [1.82, 2.24) is 5.32 Å². The number of nitriles is 1. The van der Waals surface area contributed by atoms with E-state index >= 15 is 0 Å². The van der Waals surface area contributed by atoms with Crippen molar-refractivity contribution in [3.05, 3.63) is 54.1 Å². The first-order chi connectivity index (χ1) is 14.2. The van der Waals surface area contributed by atoms with Crippen LogP contribution < -0.4 is 15.2 Å². The smallest absolute Gasteiger partial charge is 0.306 e. The second-order valence-electron chi connectivity index (χ2n) is 7.73.